The molecule has 0 fully saturated rings. The molecule has 0 bridgehead atoms. The van der Waals surface area contributed by atoms with Gasteiger partial charge in [-0.3, -0.25) is 4.79 Å². The van der Waals surface area contributed by atoms with Crippen molar-refractivity contribution in [2.45, 2.75) is 24.5 Å². The van der Waals surface area contributed by atoms with Crippen LogP contribution in [-0.4, -0.2) is 46.6 Å². The monoisotopic (exact) mass is 462 g/mol. The highest BCUT2D eigenvalue weighted by Crippen LogP contribution is 2.44. The van der Waals surface area contributed by atoms with Crippen molar-refractivity contribution in [1.29, 1.82) is 0 Å². The lowest BCUT2D eigenvalue weighted by Gasteiger charge is -2.19. The molecule has 0 spiro atoms. The standard InChI is InChI=1S/C26H26N2O6/c27-25(32)20-13-15(9-10-22(20)29)24(31)23(30)11-12-28-26(33)34-14-21-18-7-3-1-5-16(18)17-6-2-4-8-19(17)21/h1-10,13,21,23-24,29-31H,11-12,14H2,(H2,27,32)(H,28,33). The molecule has 176 valence electrons. The molecule has 3 aromatic carbocycles. The topological polar surface area (TPSA) is 142 Å². The van der Waals surface area contributed by atoms with Crippen molar-refractivity contribution in [1.82, 2.24) is 5.32 Å². The van der Waals surface area contributed by atoms with Gasteiger partial charge in [-0.15, -0.1) is 0 Å². The van der Waals surface area contributed by atoms with Gasteiger partial charge in [0.05, 0.1) is 11.7 Å². The highest BCUT2D eigenvalue weighted by Gasteiger charge is 2.29. The number of hydrogen-bond donors (Lipinski definition) is 5. The number of fused-ring (bicyclic) bond motifs is 3. The van der Waals surface area contributed by atoms with E-state index in [4.69, 9.17) is 10.5 Å². The van der Waals surface area contributed by atoms with Gasteiger partial charge in [0.2, 0.25) is 0 Å². The highest BCUT2D eigenvalue weighted by molar-refractivity contribution is 5.95. The van der Waals surface area contributed by atoms with Crippen molar-refractivity contribution in [3.05, 3.63) is 89.0 Å². The summed E-state index contributed by atoms with van der Waals surface area (Å²) in [6.45, 7) is 0.240. The summed E-state index contributed by atoms with van der Waals surface area (Å²) in [6.07, 6.45) is -3.13. The van der Waals surface area contributed by atoms with E-state index in [9.17, 15) is 24.9 Å². The lowest BCUT2D eigenvalue weighted by molar-refractivity contribution is 0.0136. The van der Waals surface area contributed by atoms with Crippen LogP contribution in [0, 0.1) is 0 Å². The van der Waals surface area contributed by atoms with Crippen LogP contribution >= 0.6 is 0 Å². The molecule has 2 unspecified atom stereocenters. The van der Waals surface area contributed by atoms with E-state index in [1.807, 2.05) is 36.4 Å². The number of rotatable bonds is 8. The third-order valence-electron chi connectivity index (χ3n) is 6.05. The maximum absolute atomic E-state index is 12.2. The number of alkyl carbamates (subject to hydrolysis) is 1. The number of ether oxygens (including phenoxy) is 1. The third-order valence-corrected chi connectivity index (χ3v) is 6.05. The van der Waals surface area contributed by atoms with Gasteiger partial charge in [-0.2, -0.15) is 0 Å². The second kappa shape index (κ2) is 9.94. The van der Waals surface area contributed by atoms with Crippen molar-refractivity contribution < 1.29 is 29.6 Å². The Morgan fingerprint density at radius 1 is 0.971 bits per heavy atom. The van der Waals surface area contributed by atoms with Crippen LogP contribution in [0.2, 0.25) is 0 Å². The Morgan fingerprint density at radius 3 is 2.21 bits per heavy atom. The van der Waals surface area contributed by atoms with Crippen LogP contribution in [0.25, 0.3) is 11.1 Å². The molecule has 2 amide bonds. The zero-order valence-corrected chi connectivity index (χ0v) is 18.3. The first kappa shape index (κ1) is 23.3. The van der Waals surface area contributed by atoms with Crippen molar-refractivity contribution in [3.8, 4) is 16.9 Å². The SMILES string of the molecule is NC(=O)c1cc(C(O)C(O)CCNC(=O)OCC2c3ccccc3-c3ccccc32)ccc1O. The molecule has 6 N–H and O–H groups in total. The number of aliphatic hydroxyl groups excluding tert-OH is 2. The zero-order chi connectivity index (χ0) is 24.2. The average molecular weight is 463 g/mol. The molecule has 3 aromatic rings. The van der Waals surface area contributed by atoms with Gasteiger partial charge in [0.15, 0.2) is 0 Å². The van der Waals surface area contributed by atoms with Gasteiger partial charge in [0, 0.05) is 12.5 Å². The quantitative estimate of drug-likeness (QED) is 0.348. The summed E-state index contributed by atoms with van der Waals surface area (Å²) >= 11 is 0. The summed E-state index contributed by atoms with van der Waals surface area (Å²) in [5, 5.41) is 32.9. The van der Waals surface area contributed by atoms with Gasteiger partial charge in [-0.05, 0) is 46.4 Å². The molecular formula is C26H26N2O6. The van der Waals surface area contributed by atoms with E-state index in [-0.39, 0.29) is 42.4 Å². The maximum Gasteiger partial charge on any atom is 0.407 e. The van der Waals surface area contributed by atoms with Crippen molar-refractivity contribution >= 4 is 12.0 Å². The fourth-order valence-electron chi connectivity index (χ4n) is 4.29. The van der Waals surface area contributed by atoms with Gasteiger partial charge >= 0.3 is 6.09 Å². The lowest BCUT2D eigenvalue weighted by atomic mass is 9.98. The Morgan fingerprint density at radius 2 is 1.59 bits per heavy atom. The first-order valence-electron chi connectivity index (χ1n) is 10.9. The second-order valence-corrected chi connectivity index (χ2v) is 8.19. The minimum absolute atomic E-state index is 0.0398. The summed E-state index contributed by atoms with van der Waals surface area (Å²) in [5.74, 6) is -1.22. The second-order valence-electron chi connectivity index (χ2n) is 8.19. The van der Waals surface area contributed by atoms with E-state index < -0.39 is 24.2 Å². The van der Waals surface area contributed by atoms with Gasteiger partial charge in [0.25, 0.3) is 5.91 Å². The largest absolute Gasteiger partial charge is 0.507 e. The number of primary amides is 1. The molecule has 0 saturated carbocycles. The highest BCUT2D eigenvalue weighted by atomic mass is 16.5. The number of aliphatic hydroxyl groups is 2. The van der Waals surface area contributed by atoms with Gasteiger partial charge in [0.1, 0.15) is 18.5 Å². The third kappa shape index (κ3) is 4.73. The van der Waals surface area contributed by atoms with E-state index in [2.05, 4.69) is 17.4 Å². The summed E-state index contributed by atoms with van der Waals surface area (Å²) < 4.78 is 5.45. The van der Waals surface area contributed by atoms with E-state index in [1.165, 1.54) is 18.2 Å². The Labute approximate surface area is 196 Å². The molecule has 8 nitrogen and oxygen atoms in total. The molecule has 1 aliphatic rings. The van der Waals surface area contributed by atoms with E-state index >= 15 is 0 Å². The number of amides is 2. The van der Waals surface area contributed by atoms with Crippen molar-refractivity contribution in [2.75, 3.05) is 13.2 Å². The molecular weight excluding hydrogens is 436 g/mol. The number of nitrogens with two attached hydrogens (primary N) is 1. The molecule has 1 aliphatic carbocycles. The molecule has 0 radical (unpaired) electrons. The molecule has 0 saturated heterocycles. The van der Waals surface area contributed by atoms with Gasteiger partial charge < -0.3 is 31.1 Å². The normalized spacial score (nSPS) is 14.1. The first-order chi connectivity index (χ1) is 16.4. The van der Waals surface area contributed by atoms with Crippen LogP contribution in [0.4, 0.5) is 4.79 Å². The van der Waals surface area contributed by atoms with E-state index in [1.54, 1.807) is 0 Å². The number of nitrogens with one attached hydrogen (secondary N) is 1. The molecule has 0 aliphatic heterocycles. The van der Waals surface area contributed by atoms with Crippen LogP contribution in [-0.2, 0) is 4.74 Å². The smallest absolute Gasteiger partial charge is 0.407 e. The molecule has 4 rings (SSSR count). The Hall–Kier alpha value is -3.88. The van der Waals surface area contributed by atoms with Crippen LogP contribution in [0.1, 0.15) is 45.5 Å². The van der Waals surface area contributed by atoms with Crippen LogP contribution < -0.4 is 11.1 Å². The molecule has 8 heteroatoms. The summed E-state index contributed by atoms with van der Waals surface area (Å²) in [6, 6.07) is 19.9. The first-order valence-corrected chi connectivity index (χ1v) is 10.9. The van der Waals surface area contributed by atoms with Crippen LogP contribution in [0.15, 0.2) is 66.7 Å². The Balaban J connectivity index is 1.29. The van der Waals surface area contributed by atoms with Crippen molar-refractivity contribution in [2.24, 2.45) is 5.73 Å². The molecule has 0 heterocycles. The summed E-state index contributed by atoms with van der Waals surface area (Å²) in [4.78, 5) is 23.6. The van der Waals surface area contributed by atoms with Crippen LogP contribution in [0.5, 0.6) is 5.75 Å². The number of carbonyl (C=O) groups is 2. The van der Waals surface area contributed by atoms with Gasteiger partial charge in [-0.1, -0.05) is 54.6 Å². The number of phenols is 1. The number of aromatic hydroxyl groups is 1. The zero-order valence-electron chi connectivity index (χ0n) is 18.3. The van der Waals surface area contributed by atoms with Gasteiger partial charge in [-0.25, -0.2) is 4.79 Å². The fourth-order valence-corrected chi connectivity index (χ4v) is 4.29. The average Bonchev–Trinajstić information content (AvgIpc) is 3.16. The summed E-state index contributed by atoms with van der Waals surface area (Å²) in [5.41, 5.74) is 9.76. The number of benzene rings is 3. The summed E-state index contributed by atoms with van der Waals surface area (Å²) in [7, 11) is 0. The molecule has 2 atom stereocenters. The lowest BCUT2D eigenvalue weighted by Crippen LogP contribution is -2.30. The van der Waals surface area contributed by atoms with Crippen molar-refractivity contribution in [3.63, 3.8) is 0 Å². The number of carbonyl (C=O) groups excluding carboxylic acids is 2. The maximum atomic E-state index is 12.2. The van der Waals surface area contributed by atoms with E-state index in [0.29, 0.717) is 0 Å². The van der Waals surface area contributed by atoms with E-state index in [0.717, 1.165) is 22.3 Å². The van der Waals surface area contributed by atoms with Crippen LogP contribution in [0.3, 0.4) is 0 Å². The minimum Gasteiger partial charge on any atom is -0.507 e. The Bertz CT molecular complexity index is 1170. The number of hydrogen-bond acceptors (Lipinski definition) is 6. The predicted octanol–water partition coefficient (Wildman–Crippen LogP) is 2.81. The minimum atomic E-state index is -1.33. The molecule has 34 heavy (non-hydrogen) atoms. The molecule has 0 aromatic heterocycles. The predicted molar refractivity (Wildman–Crippen MR) is 125 cm³/mol. The fraction of sp³-hybridized carbons (Fsp3) is 0.231. The Kier molecular flexibility index (Phi) is 6.81.